The molecule has 1 aromatic carbocycles. The smallest absolute Gasteiger partial charge is 0.233 e. The number of hydrogen-bond donors (Lipinski definition) is 0. The van der Waals surface area contributed by atoms with Crippen molar-refractivity contribution in [1.82, 2.24) is 10.2 Å². The number of hydrogen-bond acceptors (Lipinski definition) is 4. The molecule has 0 fully saturated rings. The quantitative estimate of drug-likeness (QED) is 0.813. The minimum atomic E-state index is -0.199. The molecule has 98 valence electrons. The van der Waals surface area contributed by atoms with Crippen molar-refractivity contribution in [2.75, 3.05) is 7.11 Å². The summed E-state index contributed by atoms with van der Waals surface area (Å²) in [5.74, 6) is 0.196. The van der Waals surface area contributed by atoms with E-state index >= 15 is 0 Å². The van der Waals surface area contributed by atoms with Crippen molar-refractivity contribution in [3.63, 3.8) is 0 Å². The summed E-state index contributed by atoms with van der Waals surface area (Å²) in [6.45, 7) is 0. The number of halogens is 2. The summed E-state index contributed by atoms with van der Waals surface area (Å²) in [5, 5.41) is 8.36. The Morgan fingerprint density at radius 3 is 2.37 bits per heavy atom. The second kappa shape index (κ2) is 5.99. The lowest BCUT2D eigenvalue weighted by Crippen LogP contribution is -2.07. The summed E-state index contributed by atoms with van der Waals surface area (Å²) < 4.78 is 4.90. The predicted octanol–water partition coefficient (Wildman–Crippen LogP) is 3.22. The molecule has 0 atom stereocenters. The van der Waals surface area contributed by atoms with E-state index in [4.69, 9.17) is 27.9 Å². The van der Waals surface area contributed by atoms with Crippen LogP contribution in [0.1, 0.15) is 16.1 Å². The van der Waals surface area contributed by atoms with Crippen molar-refractivity contribution in [2.24, 2.45) is 0 Å². The van der Waals surface area contributed by atoms with Gasteiger partial charge >= 0.3 is 0 Å². The third-order valence-corrected chi connectivity index (χ3v) is 3.12. The Morgan fingerprint density at radius 2 is 1.84 bits per heavy atom. The molecule has 6 heteroatoms. The monoisotopic (exact) mass is 296 g/mol. The first-order valence-corrected chi connectivity index (χ1v) is 6.21. The Kier molecular flexibility index (Phi) is 4.35. The second-order valence-corrected chi connectivity index (χ2v) is 4.58. The highest BCUT2D eigenvalue weighted by Gasteiger charge is 2.15. The van der Waals surface area contributed by atoms with E-state index < -0.39 is 0 Å². The summed E-state index contributed by atoms with van der Waals surface area (Å²) >= 11 is 12.0. The van der Waals surface area contributed by atoms with Gasteiger partial charge in [0.05, 0.1) is 34.8 Å². The van der Waals surface area contributed by atoms with Gasteiger partial charge in [-0.1, -0.05) is 29.3 Å². The Bertz CT molecular complexity index is 580. The highest BCUT2D eigenvalue weighted by Crippen LogP contribution is 2.25. The van der Waals surface area contributed by atoms with Gasteiger partial charge in [0, 0.05) is 6.07 Å². The van der Waals surface area contributed by atoms with Crippen LogP contribution in [0.2, 0.25) is 10.0 Å². The fraction of sp³-hybridized carbons (Fsp3) is 0.154. The van der Waals surface area contributed by atoms with E-state index in [9.17, 15) is 4.79 Å². The van der Waals surface area contributed by atoms with Crippen LogP contribution in [0.5, 0.6) is 5.88 Å². The summed E-state index contributed by atoms with van der Waals surface area (Å²) in [4.78, 5) is 12.1. The Hall–Kier alpha value is -1.65. The number of methoxy groups -OCH3 is 1. The fourth-order valence-electron chi connectivity index (χ4n) is 1.57. The van der Waals surface area contributed by atoms with E-state index in [2.05, 4.69) is 10.2 Å². The van der Waals surface area contributed by atoms with Gasteiger partial charge in [-0.2, -0.15) is 5.10 Å². The first-order chi connectivity index (χ1) is 9.11. The molecule has 1 aromatic heterocycles. The molecule has 0 N–H and O–H groups in total. The highest BCUT2D eigenvalue weighted by atomic mass is 35.5. The van der Waals surface area contributed by atoms with Gasteiger partial charge in [0.15, 0.2) is 5.78 Å². The van der Waals surface area contributed by atoms with E-state index in [1.54, 1.807) is 30.3 Å². The first-order valence-electron chi connectivity index (χ1n) is 5.45. The molecule has 0 saturated carbocycles. The maximum absolute atomic E-state index is 12.1. The maximum atomic E-state index is 12.1. The highest BCUT2D eigenvalue weighted by molar-refractivity contribution is 6.39. The number of rotatable bonds is 4. The van der Waals surface area contributed by atoms with E-state index in [-0.39, 0.29) is 12.2 Å². The number of ketones is 1. The van der Waals surface area contributed by atoms with E-state index in [0.29, 0.717) is 27.2 Å². The average molecular weight is 297 g/mol. The van der Waals surface area contributed by atoms with Gasteiger partial charge in [-0.15, -0.1) is 5.10 Å². The van der Waals surface area contributed by atoms with Crippen molar-refractivity contribution in [2.45, 2.75) is 6.42 Å². The molecule has 2 aromatic rings. The molecular weight excluding hydrogens is 287 g/mol. The number of nitrogens with zero attached hydrogens (tertiary/aromatic N) is 2. The molecule has 1 heterocycles. The minimum Gasteiger partial charge on any atom is -0.480 e. The van der Waals surface area contributed by atoms with Crippen molar-refractivity contribution in [3.05, 3.63) is 51.6 Å². The van der Waals surface area contributed by atoms with Gasteiger partial charge in [0.2, 0.25) is 5.88 Å². The van der Waals surface area contributed by atoms with Crippen LogP contribution < -0.4 is 4.74 Å². The second-order valence-electron chi connectivity index (χ2n) is 3.76. The van der Waals surface area contributed by atoms with Crippen LogP contribution in [0.4, 0.5) is 0 Å². The van der Waals surface area contributed by atoms with E-state index in [0.717, 1.165) is 0 Å². The number of benzene rings is 1. The number of aromatic nitrogens is 2. The standard InChI is InChI=1S/C13H10Cl2N2O2/c1-19-12-6-5-8(16-17-12)7-11(18)13-9(14)3-2-4-10(13)15/h2-6H,7H2,1H3. The third kappa shape index (κ3) is 3.22. The fourth-order valence-corrected chi connectivity index (χ4v) is 2.18. The molecular formula is C13H10Cl2N2O2. The van der Waals surface area contributed by atoms with Crippen LogP contribution in [0.25, 0.3) is 0 Å². The molecule has 0 saturated heterocycles. The Labute approximate surface area is 120 Å². The molecule has 0 unspecified atom stereocenters. The average Bonchev–Trinajstić information content (AvgIpc) is 2.39. The molecule has 19 heavy (non-hydrogen) atoms. The van der Waals surface area contributed by atoms with Crippen LogP contribution in [0.3, 0.4) is 0 Å². The van der Waals surface area contributed by atoms with Gasteiger partial charge in [-0.25, -0.2) is 0 Å². The molecule has 4 nitrogen and oxygen atoms in total. The van der Waals surface area contributed by atoms with Gasteiger partial charge in [-0.3, -0.25) is 4.79 Å². The largest absolute Gasteiger partial charge is 0.480 e. The Balaban J connectivity index is 2.21. The topological polar surface area (TPSA) is 52.1 Å². The zero-order valence-corrected chi connectivity index (χ0v) is 11.6. The zero-order valence-electron chi connectivity index (χ0n) is 10.1. The van der Waals surface area contributed by atoms with E-state index in [1.165, 1.54) is 7.11 Å². The molecule has 0 radical (unpaired) electrons. The SMILES string of the molecule is COc1ccc(CC(=O)c2c(Cl)cccc2Cl)nn1. The number of carbonyl (C=O) groups is 1. The lowest BCUT2D eigenvalue weighted by atomic mass is 10.1. The van der Waals surface area contributed by atoms with Gasteiger partial charge < -0.3 is 4.74 Å². The molecule has 0 aliphatic carbocycles. The Morgan fingerprint density at radius 1 is 1.16 bits per heavy atom. The van der Waals surface area contributed by atoms with Crippen LogP contribution in [-0.2, 0) is 6.42 Å². The molecule has 0 bridgehead atoms. The number of carbonyl (C=O) groups excluding carboxylic acids is 1. The van der Waals surface area contributed by atoms with Crippen molar-refractivity contribution < 1.29 is 9.53 Å². The normalized spacial score (nSPS) is 10.3. The van der Waals surface area contributed by atoms with E-state index in [1.807, 2.05) is 0 Å². The van der Waals surface area contributed by atoms with Crippen molar-refractivity contribution in [3.8, 4) is 5.88 Å². The summed E-state index contributed by atoms with van der Waals surface area (Å²) in [7, 11) is 1.50. The molecule has 0 aliphatic heterocycles. The van der Waals surface area contributed by atoms with Crippen LogP contribution in [0, 0.1) is 0 Å². The van der Waals surface area contributed by atoms with Gasteiger partial charge in [0.25, 0.3) is 0 Å². The predicted molar refractivity (Wildman–Crippen MR) is 73.1 cm³/mol. The zero-order chi connectivity index (χ0) is 13.8. The minimum absolute atomic E-state index is 0.0838. The van der Waals surface area contributed by atoms with Gasteiger partial charge in [-0.05, 0) is 18.2 Å². The van der Waals surface area contributed by atoms with Crippen molar-refractivity contribution in [1.29, 1.82) is 0 Å². The molecule has 2 rings (SSSR count). The lowest BCUT2D eigenvalue weighted by Gasteiger charge is -2.05. The number of ether oxygens (including phenoxy) is 1. The first kappa shape index (κ1) is 13.8. The molecule has 0 aliphatic rings. The third-order valence-electron chi connectivity index (χ3n) is 2.49. The maximum Gasteiger partial charge on any atom is 0.233 e. The summed E-state index contributed by atoms with van der Waals surface area (Å²) in [6, 6.07) is 8.26. The summed E-state index contributed by atoms with van der Waals surface area (Å²) in [6.07, 6.45) is 0.0838. The van der Waals surface area contributed by atoms with Gasteiger partial charge in [0.1, 0.15) is 0 Å². The number of Topliss-reactive ketones (excluding diaryl/α,β-unsaturated/α-hetero) is 1. The molecule has 0 spiro atoms. The van der Waals surface area contributed by atoms with Crippen LogP contribution in [-0.4, -0.2) is 23.1 Å². The van der Waals surface area contributed by atoms with Crippen LogP contribution in [0.15, 0.2) is 30.3 Å². The van der Waals surface area contributed by atoms with Crippen molar-refractivity contribution >= 4 is 29.0 Å². The molecule has 0 amide bonds. The summed E-state index contributed by atoms with van der Waals surface area (Å²) in [5.41, 5.74) is 0.838. The lowest BCUT2D eigenvalue weighted by molar-refractivity contribution is 0.0992. The van der Waals surface area contributed by atoms with Crippen LogP contribution >= 0.6 is 23.2 Å².